The predicted octanol–water partition coefficient (Wildman–Crippen LogP) is 0.763. The van der Waals surface area contributed by atoms with Crippen molar-refractivity contribution in [1.29, 1.82) is 0 Å². The molecule has 0 saturated heterocycles. The number of amides is 1. The molecule has 3 N–H and O–H groups in total. The number of carbonyl (C=O) groups is 1. The van der Waals surface area contributed by atoms with Gasteiger partial charge in [0.25, 0.3) is 5.91 Å². The fourth-order valence-corrected chi connectivity index (χ4v) is 1.05. The van der Waals surface area contributed by atoms with Gasteiger partial charge in [-0.2, -0.15) is 5.10 Å². The second-order valence-electron chi connectivity index (χ2n) is 2.81. The molecule has 0 fully saturated rings. The Bertz CT molecular complexity index is 467. The highest BCUT2D eigenvalue weighted by Gasteiger charge is 2.09. The van der Waals surface area contributed by atoms with Crippen LogP contribution in [0.3, 0.4) is 0 Å². The highest BCUT2D eigenvalue weighted by atomic mass is 16.3. The molecule has 15 heavy (non-hydrogen) atoms. The molecule has 2 rings (SSSR count). The van der Waals surface area contributed by atoms with E-state index in [2.05, 4.69) is 20.5 Å². The van der Waals surface area contributed by atoms with Gasteiger partial charge >= 0.3 is 0 Å². The van der Waals surface area contributed by atoms with Crippen molar-refractivity contribution in [3.63, 3.8) is 0 Å². The zero-order chi connectivity index (χ0) is 10.7. The Hall–Kier alpha value is -2.37. The Morgan fingerprint density at radius 2 is 2.40 bits per heavy atom. The predicted molar refractivity (Wildman–Crippen MR) is 52.4 cm³/mol. The van der Waals surface area contributed by atoms with Crippen LogP contribution in [0.15, 0.2) is 30.7 Å². The van der Waals surface area contributed by atoms with E-state index in [9.17, 15) is 9.90 Å². The van der Waals surface area contributed by atoms with Crippen molar-refractivity contribution in [3.05, 3.63) is 36.3 Å². The summed E-state index contributed by atoms with van der Waals surface area (Å²) in [5.74, 6) is -0.323. The standard InChI is InChI=1S/C9H8N4O2/c14-7-2-1-3-10-8(7)13-9(15)6-4-11-12-5-6/h1-5,14H,(H,11,12)(H,10,13,15). The van der Waals surface area contributed by atoms with Crippen LogP contribution in [0.5, 0.6) is 5.75 Å². The lowest BCUT2D eigenvalue weighted by atomic mass is 10.3. The number of nitrogens with one attached hydrogen (secondary N) is 2. The lowest BCUT2D eigenvalue weighted by Gasteiger charge is -2.03. The molecule has 0 radical (unpaired) electrons. The van der Waals surface area contributed by atoms with Crippen LogP contribution in [0.1, 0.15) is 10.4 Å². The molecule has 6 heteroatoms. The summed E-state index contributed by atoms with van der Waals surface area (Å²) < 4.78 is 0. The average molecular weight is 204 g/mol. The van der Waals surface area contributed by atoms with Gasteiger partial charge in [-0.25, -0.2) is 4.98 Å². The monoisotopic (exact) mass is 204 g/mol. The third-order valence-electron chi connectivity index (χ3n) is 1.78. The smallest absolute Gasteiger partial charge is 0.260 e. The molecular weight excluding hydrogens is 196 g/mol. The van der Waals surface area contributed by atoms with Crippen LogP contribution < -0.4 is 5.32 Å². The molecule has 0 saturated carbocycles. The second-order valence-corrected chi connectivity index (χ2v) is 2.81. The third kappa shape index (κ3) is 1.93. The molecule has 6 nitrogen and oxygen atoms in total. The Morgan fingerprint density at radius 1 is 1.53 bits per heavy atom. The van der Waals surface area contributed by atoms with E-state index in [1.54, 1.807) is 6.07 Å². The van der Waals surface area contributed by atoms with Crippen molar-refractivity contribution in [2.75, 3.05) is 5.32 Å². The first-order valence-electron chi connectivity index (χ1n) is 4.21. The van der Waals surface area contributed by atoms with E-state index in [1.807, 2.05) is 0 Å². The minimum Gasteiger partial charge on any atom is -0.504 e. The fraction of sp³-hybridized carbons (Fsp3) is 0. The van der Waals surface area contributed by atoms with Crippen LogP contribution in [0, 0.1) is 0 Å². The molecule has 0 unspecified atom stereocenters. The number of aromatic amines is 1. The second kappa shape index (κ2) is 3.79. The van der Waals surface area contributed by atoms with Crippen LogP contribution >= 0.6 is 0 Å². The molecular formula is C9H8N4O2. The summed E-state index contributed by atoms with van der Waals surface area (Å²) in [6, 6.07) is 3.01. The SMILES string of the molecule is O=C(Nc1ncccc1O)c1cn[nH]c1. The van der Waals surface area contributed by atoms with Crippen molar-refractivity contribution in [2.45, 2.75) is 0 Å². The van der Waals surface area contributed by atoms with Crippen LogP contribution in [-0.2, 0) is 0 Å². The van der Waals surface area contributed by atoms with Gasteiger partial charge in [0.15, 0.2) is 11.6 Å². The van der Waals surface area contributed by atoms with Gasteiger partial charge in [0.05, 0.1) is 11.8 Å². The molecule has 2 aromatic rings. The largest absolute Gasteiger partial charge is 0.504 e. The highest BCUT2D eigenvalue weighted by molar-refractivity contribution is 6.03. The minimum absolute atomic E-state index is 0.0747. The molecule has 0 atom stereocenters. The summed E-state index contributed by atoms with van der Waals surface area (Å²) in [5.41, 5.74) is 0.375. The van der Waals surface area contributed by atoms with E-state index in [0.29, 0.717) is 5.56 Å². The van der Waals surface area contributed by atoms with E-state index >= 15 is 0 Å². The first kappa shape index (κ1) is 9.20. The van der Waals surface area contributed by atoms with Gasteiger partial charge in [0, 0.05) is 12.4 Å². The van der Waals surface area contributed by atoms with E-state index in [-0.39, 0.29) is 17.5 Å². The first-order valence-corrected chi connectivity index (χ1v) is 4.21. The molecule has 0 bridgehead atoms. The number of H-pyrrole nitrogens is 1. The average Bonchev–Trinajstić information content (AvgIpc) is 2.74. The Morgan fingerprint density at radius 3 is 3.07 bits per heavy atom. The molecule has 0 aliphatic rings. The van der Waals surface area contributed by atoms with Crippen LogP contribution in [0.25, 0.3) is 0 Å². The summed E-state index contributed by atoms with van der Waals surface area (Å²) in [7, 11) is 0. The van der Waals surface area contributed by atoms with Crippen LogP contribution in [0.4, 0.5) is 5.82 Å². The Labute approximate surface area is 85.0 Å². The number of nitrogens with zero attached hydrogens (tertiary/aromatic N) is 2. The number of rotatable bonds is 2. The molecule has 1 amide bonds. The fourth-order valence-electron chi connectivity index (χ4n) is 1.05. The maximum absolute atomic E-state index is 11.5. The number of pyridine rings is 1. The van der Waals surface area contributed by atoms with Crippen LogP contribution in [0.2, 0.25) is 0 Å². The molecule has 0 aliphatic carbocycles. The van der Waals surface area contributed by atoms with Crippen molar-refractivity contribution < 1.29 is 9.90 Å². The molecule has 0 aromatic carbocycles. The number of aromatic nitrogens is 3. The van der Waals surface area contributed by atoms with Gasteiger partial charge in [-0.05, 0) is 12.1 Å². The quantitative estimate of drug-likeness (QED) is 0.673. The lowest BCUT2D eigenvalue weighted by molar-refractivity contribution is 0.102. The van der Waals surface area contributed by atoms with Gasteiger partial charge in [0.1, 0.15) is 0 Å². The summed E-state index contributed by atoms with van der Waals surface area (Å²) in [5, 5.41) is 18.0. The highest BCUT2D eigenvalue weighted by Crippen LogP contribution is 2.18. The van der Waals surface area contributed by atoms with Gasteiger partial charge in [0.2, 0.25) is 0 Å². The van der Waals surface area contributed by atoms with E-state index in [0.717, 1.165) is 0 Å². The van der Waals surface area contributed by atoms with Gasteiger partial charge < -0.3 is 10.4 Å². The molecule has 2 heterocycles. The van der Waals surface area contributed by atoms with E-state index < -0.39 is 0 Å². The molecule has 0 spiro atoms. The number of hydrogen-bond acceptors (Lipinski definition) is 4. The summed E-state index contributed by atoms with van der Waals surface area (Å²) in [6.45, 7) is 0. The maximum atomic E-state index is 11.5. The lowest BCUT2D eigenvalue weighted by Crippen LogP contribution is -2.12. The van der Waals surface area contributed by atoms with E-state index in [4.69, 9.17) is 0 Å². The Kier molecular flexibility index (Phi) is 2.32. The zero-order valence-corrected chi connectivity index (χ0v) is 7.64. The van der Waals surface area contributed by atoms with Crippen molar-refractivity contribution in [1.82, 2.24) is 15.2 Å². The van der Waals surface area contributed by atoms with Gasteiger partial charge in [-0.3, -0.25) is 9.89 Å². The Balaban J connectivity index is 2.17. The van der Waals surface area contributed by atoms with Crippen molar-refractivity contribution in [3.8, 4) is 5.75 Å². The summed E-state index contributed by atoms with van der Waals surface area (Å²) in [6.07, 6.45) is 4.31. The normalized spacial score (nSPS) is 9.87. The number of aromatic hydroxyl groups is 1. The summed E-state index contributed by atoms with van der Waals surface area (Å²) in [4.78, 5) is 15.3. The number of anilines is 1. The number of carbonyl (C=O) groups excluding carboxylic acids is 1. The molecule has 0 aliphatic heterocycles. The molecule has 2 aromatic heterocycles. The minimum atomic E-state index is -0.377. The van der Waals surface area contributed by atoms with Crippen molar-refractivity contribution >= 4 is 11.7 Å². The number of hydrogen-bond donors (Lipinski definition) is 3. The maximum Gasteiger partial charge on any atom is 0.260 e. The van der Waals surface area contributed by atoms with Gasteiger partial charge in [-0.1, -0.05) is 0 Å². The first-order chi connectivity index (χ1) is 7.27. The van der Waals surface area contributed by atoms with Crippen LogP contribution in [-0.4, -0.2) is 26.2 Å². The topological polar surface area (TPSA) is 90.9 Å². The molecule has 76 valence electrons. The summed E-state index contributed by atoms with van der Waals surface area (Å²) >= 11 is 0. The third-order valence-corrected chi connectivity index (χ3v) is 1.78. The van der Waals surface area contributed by atoms with E-state index in [1.165, 1.54) is 24.7 Å². The zero-order valence-electron chi connectivity index (χ0n) is 7.64. The van der Waals surface area contributed by atoms with Gasteiger partial charge in [-0.15, -0.1) is 0 Å². The van der Waals surface area contributed by atoms with Crippen molar-refractivity contribution in [2.24, 2.45) is 0 Å².